The number of methoxy groups -OCH3 is 1. The van der Waals surface area contributed by atoms with Crippen LogP contribution in [0.2, 0.25) is 5.02 Å². The van der Waals surface area contributed by atoms with Crippen LogP contribution in [0.3, 0.4) is 0 Å². The van der Waals surface area contributed by atoms with E-state index in [0.29, 0.717) is 21.7 Å². The standard InChI is InChI=1S/C17H15ClN2O4S/c1-24-13(21)3-2-8-20-16(22)14-12(9-25-15(14)19-17(20)23)10-4-6-11(18)7-5-10/h4-7,9H,2-3,8H2,1H3,(H,19,23). The SMILES string of the molecule is COC(=O)CCCn1c(=O)[nH]c2scc(-c3ccc(Cl)cc3)c2c1=O. The maximum atomic E-state index is 12.8. The number of nitrogens with zero attached hydrogens (tertiary/aromatic N) is 1. The molecule has 1 N–H and O–H groups in total. The Morgan fingerprint density at radius 3 is 2.68 bits per heavy atom. The van der Waals surface area contributed by atoms with E-state index in [1.54, 1.807) is 12.1 Å². The van der Waals surface area contributed by atoms with E-state index in [4.69, 9.17) is 11.6 Å². The molecule has 2 heterocycles. The number of hydrogen-bond acceptors (Lipinski definition) is 5. The molecule has 0 bridgehead atoms. The van der Waals surface area contributed by atoms with Crippen LogP contribution in [-0.2, 0) is 16.1 Å². The zero-order valence-corrected chi connectivity index (χ0v) is 14.9. The van der Waals surface area contributed by atoms with Gasteiger partial charge in [-0.15, -0.1) is 11.3 Å². The second-order valence-electron chi connectivity index (χ2n) is 5.43. The van der Waals surface area contributed by atoms with E-state index in [0.717, 1.165) is 15.7 Å². The number of rotatable bonds is 5. The lowest BCUT2D eigenvalue weighted by Crippen LogP contribution is -2.35. The van der Waals surface area contributed by atoms with Crippen molar-refractivity contribution in [2.45, 2.75) is 19.4 Å². The van der Waals surface area contributed by atoms with Crippen LogP contribution in [0, 0.1) is 0 Å². The molecule has 2 aromatic heterocycles. The van der Waals surface area contributed by atoms with Crippen LogP contribution in [0.4, 0.5) is 0 Å². The zero-order valence-electron chi connectivity index (χ0n) is 13.4. The summed E-state index contributed by atoms with van der Waals surface area (Å²) in [7, 11) is 1.30. The van der Waals surface area contributed by atoms with E-state index < -0.39 is 5.69 Å². The molecule has 3 aromatic rings. The smallest absolute Gasteiger partial charge is 0.329 e. The highest BCUT2D eigenvalue weighted by atomic mass is 35.5. The van der Waals surface area contributed by atoms with Gasteiger partial charge >= 0.3 is 11.7 Å². The second-order valence-corrected chi connectivity index (χ2v) is 6.74. The fraction of sp³-hybridized carbons (Fsp3) is 0.235. The number of fused-ring (bicyclic) bond motifs is 1. The summed E-state index contributed by atoms with van der Waals surface area (Å²) in [6.07, 6.45) is 0.496. The Labute approximate surface area is 151 Å². The number of thiophene rings is 1. The third-order valence-corrected chi connectivity index (χ3v) is 5.01. The molecular formula is C17H15ClN2O4S. The van der Waals surface area contributed by atoms with Gasteiger partial charge in [0.25, 0.3) is 5.56 Å². The molecule has 1 aromatic carbocycles. The van der Waals surface area contributed by atoms with Crippen molar-refractivity contribution in [3.8, 4) is 11.1 Å². The number of carbonyl (C=O) groups is 1. The average molecular weight is 379 g/mol. The van der Waals surface area contributed by atoms with E-state index in [9.17, 15) is 14.4 Å². The van der Waals surface area contributed by atoms with Gasteiger partial charge in [0.2, 0.25) is 0 Å². The molecule has 0 radical (unpaired) electrons. The highest BCUT2D eigenvalue weighted by molar-refractivity contribution is 7.17. The van der Waals surface area contributed by atoms with Gasteiger partial charge in [0, 0.05) is 28.9 Å². The normalized spacial score (nSPS) is 11.0. The molecule has 0 aliphatic rings. The van der Waals surface area contributed by atoms with Crippen molar-refractivity contribution in [1.82, 2.24) is 9.55 Å². The number of halogens is 1. The first-order chi connectivity index (χ1) is 12.0. The number of nitrogens with one attached hydrogen (secondary N) is 1. The second kappa shape index (κ2) is 7.25. The lowest BCUT2D eigenvalue weighted by molar-refractivity contribution is -0.140. The quantitative estimate of drug-likeness (QED) is 0.692. The maximum absolute atomic E-state index is 12.8. The van der Waals surface area contributed by atoms with Crippen molar-refractivity contribution in [2.75, 3.05) is 7.11 Å². The maximum Gasteiger partial charge on any atom is 0.329 e. The number of aromatic amines is 1. The molecule has 0 saturated heterocycles. The number of ether oxygens (including phenoxy) is 1. The molecule has 6 nitrogen and oxygen atoms in total. The Morgan fingerprint density at radius 1 is 1.28 bits per heavy atom. The van der Waals surface area contributed by atoms with Gasteiger partial charge in [0.05, 0.1) is 12.5 Å². The van der Waals surface area contributed by atoms with Gasteiger partial charge in [-0.1, -0.05) is 23.7 Å². The van der Waals surface area contributed by atoms with Gasteiger partial charge < -0.3 is 4.74 Å². The van der Waals surface area contributed by atoms with Gasteiger partial charge in [0.15, 0.2) is 0 Å². The third kappa shape index (κ3) is 3.52. The molecule has 0 saturated carbocycles. The van der Waals surface area contributed by atoms with E-state index in [-0.39, 0.29) is 24.5 Å². The Kier molecular flexibility index (Phi) is 5.06. The molecule has 0 aliphatic carbocycles. The minimum Gasteiger partial charge on any atom is -0.469 e. The highest BCUT2D eigenvalue weighted by Gasteiger charge is 2.15. The monoisotopic (exact) mass is 378 g/mol. The van der Waals surface area contributed by atoms with E-state index in [1.807, 2.05) is 17.5 Å². The number of H-pyrrole nitrogens is 1. The molecule has 0 amide bonds. The van der Waals surface area contributed by atoms with Gasteiger partial charge in [0.1, 0.15) is 4.83 Å². The summed E-state index contributed by atoms with van der Waals surface area (Å²) >= 11 is 7.22. The molecule has 0 fully saturated rings. The third-order valence-electron chi connectivity index (χ3n) is 3.86. The molecule has 25 heavy (non-hydrogen) atoms. The predicted octanol–water partition coefficient (Wildman–Crippen LogP) is 3.02. The topological polar surface area (TPSA) is 81.2 Å². The van der Waals surface area contributed by atoms with Crippen LogP contribution < -0.4 is 11.2 Å². The number of hydrogen-bond donors (Lipinski definition) is 1. The number of carbonyl (C=O) groups excluding carboxylic acids is 1. The first-order valence-corrected chi connectivity index (χ1v) is 8.84. The van der Waals surface area contributed by atoms with Crippen LogP contribution in [0.15, 0.2) is 39.2 Å². The van der Waals surface area contributed by atoms with Crippen LogP contribution in [0.1, 0.15) is 12.8 Å². The van der Waals surface area contributed by atoms with Crippen LogP contribution in [0.5, 0.6) is 0 Å². The summed E-state index contributed by atoms with van der Waals surface area (Å²) in [5.41, 5.74) is 0.752. The predicted molar refractivity (Wildman–Crippen MR) is 98.4 cm³/mol. The van der Waals surface area contributed by atoms with Crippen LogP contribution >= 0.6 is 22.9 Å². The van der Waals surface area contributed by atoms with Crippen molar-refractivity contribution < 1.29 is 9.53 Å². The van der Waals surface area contributed by atoms with Crippen molar-refractivity contribution in [2.24, 2.45) is 0 Å². The van der Waals surface area contributed by atoms with Crippen molar-refractivity contribution in [3.05, 3.63) is 55.5 Å². The Hall–Kier alpha value is -2.38. The van der Waals surface area contributed by atoms with Gasteiger partial charge in [-0.2, -0.15) is 0 Å². The Balaban J connectivity index is 2.03. The minimum atomic E-state index is -0.480. The molecule has 0 aliphatic heterocycles. The molecule has 3 rings (SSSR count). The minimum absolute atomic E-state index is 0.147. The largest absolute Gasteiger partial charge is 0.469 e. The van der Waals surface area contributed by atoms with Gasteiger partial charge in [-0.3, -0.25) is 19.1 Å². The number of aromatic nitrogens is 2. The van der Waals surface area contributed by atoms with E-state index in [1.165, 1.54) is 18.4 Å². The van der Waals surface area contributed by atoms with Crippen molar-refractivity contribution >= 4 is 39.1 Å². The fourth-order valence-corrected chi connectivity index (χ4v) is 3.66. The Morgan fingerprint density at radius 2 is 2.00 bits per heavy atom. The molecule has 8 heteroatoms. The molecule has 0 atom stereocenters. The highest BCUT2D eigenvalue weighted by Crippen LogP contribution is 2.30. The fourth-order valence-electron chi connectivity index (χ4n) is 2.58. The molecular weight excluding hydrogens is 364 g/mol. The van der Waals surface area contributed by atoms with Crippen LogP contribution in [-0.4, -0.2) is 22.6 Å². The van der Waals surface area contributed by atoms with Crippen LogP contribution in [0.25, 0.3) is 21.3 Å². The summed E-state index contributed by atoms with van der Waals surface area (Å²) in [6, 6.07) is 7.16. The number of esters is 1. The summed E-state index contributed by atoms with van der Waals surface area (Å²) in [6.45, 7) is 0.148. The number of benzene rings is 1. The first kappa shape index (κ1) is 17.4. The van der Waals surface area contributed by atoms with E-state index >= 15 is 0 Å². The van der Waals surface area contributed by atoms with Crippen molar-refractivity contribution in [1.29, 1.82) is 0 Å². The lowest BCUT2D eigenvalue weighted by Gasteiger charge is -2.06. The summed E-state index contributed by atoms with van der Waals surface area (Å²) in [5.74, 6) is -0.372. The molecule has 130 valence electrons. The molecule has 0 spiro atoms. The van der Waals surface area contributed by atoms with Crippen molar-refractivity contribution in [3.63, 3.8) is 0 Å². The average Bonchev–Trinajstić information content (AvgIpc) is 3.02. The summed E-state index contributed by atoms with van der Waals surface area (Å²) in [5, 5.41) is 2.91. The summed E-state index contributed by atoms with van der Waals surface area (Å²) in [4.78, 5) is 39.5. The first-order valence-electron chi connectivity index (χ1n) is 7.58. The zero-order chi connectivity index (χ0) is 18.0. The molecule has 0 unspecified atom stereocenters. The van der Waals surface area contributed by atoms with Gasteiger partial charge in [-0.05, 0) is 24.1 Å². The van der Waals surface area contributed by atoms with E-state index in [2.05, 4.69) is 9.72 Å². The Bertz CT molecular complexity index is 1030. The van der Waals surface area contributed by atoms with Gasteiger partial charge in [-0.25, -0.2) is 4.79 Å². The summed E-state index contributed by atoms with van der Waals surface area (Å²) < 4.78 is 5.69. The lowest BCUT2D eigenvalue weighted by atomic mass is 10.1.